The standard InChI is InChI=1S/C17H28FN3O3S/c1-3-5-9-23-11-12-15(24-10-6-4-2)14(18)16(25-12)21-8-7-13(19)20-17(21)22/h7-8,12,14-16H,3-6,9-11H2,1-2H3,(H2,19,20,22)/t12-,14+,15-,16?/m1/s1. The number of thioether (sulfide) groups is 1. The summed E-state index contributed by atoms with van der Waals surface area (Å²) in [5.41, 5.74) is 4.98. The summed E-state index contributed by atoms with van der Waals surface area (Å²) in [5.74, 6) is 0.134. The zero-order valence-electron chi connectivity index (χ0n) is 14.9. The predicted octanol–water partition coefficient (Wildman–Crippen LogP) is 2.78. The van der Waals surface area contributed by atoms with Gasteiger partial charge in [-0.3, -0.25) is 4.57 Å². The lowest BCUT2D eigenvalue weighted by Crippen LogP contribution is -2.36. The molecule has 6 nitrogen and oxygen atoms in total. The van der Waals surface area contributed by atoms with Gasteiger partial charge in [-0.05, 0) is 18.9 Å². The molecule has 0 amide bonds. The third kappa shape index (κ3) is 5.43. The van der Waals surface area contributed by atoms with E-state index in [1.165, 1.54) is 28.6 Å². The van der Waals surface area contributed by atoms with Crippen LogP contribution in [-0.4, -0.2) is 46.9 Å². The molecule has 25 heavy (non-hydrogen) atoms. The summed E-state index contributed by atoms with van der Waals surface area (Å²) < 4.78 is 27.8. The number of nitrogens with two attached hydrogens (primary N) is 1. The highest BCUT2D eigenvalue weighted by Gasteiger charge is 2.46. The first kappa shape index (κ1) is 20.2. The van der Waals surface area contributed by atoms with Gasteiger partial charge in [0.1, 0.15) is 17.3 Å². The lowest BCUT2D eigenvalue weighted by atomic mass is 10.1. The maximum Gasteiger partial charge on any atom is 0.350 e. The minimum atomic E-state index is -1.30. The molecule has 8 heteroatoms. The molecule has 4 atom stereocenters. The van der Waals surface area contributed by atoms with E-state index >= 15 is 4.39 Å². The zero-order chi connectivity index (χ0) is 18.2. The number of anilines is 1. The summed E-state index contributed by atoms with van der Waals surface area (Å²) in [6.07, 6.45) is 3.50. The molecule has 0 aromatic carbocycles. The molecular formula is C17H28FN3O3S. The summed E-state index contributed by atoms with van der Waals surface area (Å²) in [4.78, 5) is 15.8. The summed E-state index contributed by atoms with van der Waals surface area (Å²) in [6, 6.07) is 1.51. The largest absolute Gasteiger partial charge is 0.383 e. The van der Waals surface area contributed by atoms with Gasteiger partial charge in [0.05, 0.1) is 11.9 Å². The lowest BCUT2D eigenvalue weighted by Gasteiger charge is -2.21. The Balaban J connectivity index is 2.09. The number of alkyl halides is 1. The Bertz CT molecular complexity index is 587. The predicted molar refractivity (Wildman–Crippen MR) is 98.6 cm³/mol. The molecule has 1 aromatic heterocycles. The topological polar surface area (TPSA) is 79.4 Å². The van der Waals surface area contributed by atoms with E-state index in [0.717, 1.165) is 25.7 Å². The van der Waals surface area contributed by atoms with Crippen LogP contribution >= 0.6 is 11.8 Å². The highest BCUT2D eigenvalue weighted by molar-refractivity contribution is 8.00. The van der Waals surface area contributed by atoms with Crippen molar-refractivity contribution in [3.05, 3.63) is 22.7 Å². The number of unbranched alkanes of at least 4 members (excludes halogenated alkanes) is 2. The fourth-order valence-corrected chi connectivity index (χ4v) is 4.19. The minimum Gasteiger partial charge on any atom is -0.383 e. The molecule has 0 aliphatic carbocycles. The van der Waals surface area contributed by atoms with Gasteiger partial charge in [0.2, 0.25) is 0 Å². The number of halogens is 1. The molecule has 1 aromatic rings. The van der Waals surface area contributed by atoms with Crippen molar-refractivity contribution in [2.24, 2.45) is 0 Å². The summed E-state index contributed by atoms with van der Waals surface area (Å²) in [7, 11) is 0. The van der Waals surface area contributed by atoms with Gasteiger partial charge in [-0.2, -0.15) is 4.98 Å². The van der Waals surface area contributed by atoms with Crippen molar-refractivity contribution in [3.8, 4) is 0 Å². The average molecular weight is 373 g/mol. The van der Waals surface area contributed by atoms with E-state index in [2.05, 4.69) is 18.8 Å². The molecule has 0 radical (unpaired) electrons. The fraction of sp³-hybridized carbons (Fsp3) is 0.765. The Morgan fingerprint density at radius 2 is 2.04 bits per heavy atom. The molecule has 2 rings (SSSR count). The highest BCUT2D eigenvalue weighted by atomic mass is 32.2. The smallest absolute Gasteiger partial charge is 0.350 e. The Kier molecular flexibility index (Phi) is 8.18. The van der Waals surface area contributed by atoms with Crippen LogP contribution < -0.4 is 11.4 Å². The molecule has 1 unspecified atom stereocenters. The average Bonchev–Trinajstić information content (AvgIpc) is 2.88. The van der Waals surface area contributed by atoms with Gasteiger partial charge in [0.25, 0.3) is 0 Å². The van der Waals surface area contributed by atoms with Gasteiger partial charge in [-0.15, -0.1) is 11.8 Å². The van der Waals surface area contributed by atoms with Crippen LogP contribution in [0.15, 0.2) is 17.1 Å². The van der Waals surface area contributed by atoms with Gasteiger partial charge in [0, 0.05) is 19.4 Å². The number of aromatic nitrogens is 2. The van der Waals surface area contributed by atoms with Gasteiger partial charge in [-0.25, -0.2) is 9.18 Å². The van der Waals surface area contributed by atoms with E-state index in [1.54, 1.807) is 0 Å². The van der Waals surface area contributed by atoms with Crippen molar-refractivity contribution in [2.45, 2.75) is 62.4 Å². The van der Waals surface area contributed by atoms with Crippen LogP contribution in [0.5, 0.6) is 0 Å². The van der Waals surface area contributed by atoms with Crippen LogP contribution in [0.4, 0.5) is 10.2 Å². The molecule has 2 heterocycles. The van der Waals surface area contributed by atoms with Crippen LogP contribution in [0.1, 0.15) is 44.9 Å². The first-order valence-electron chi connectivity index (χ1n) is 8.92. The van der Waals surface area contributed by atoms with Crippen LogP contribution in [-0.2, 0) is 9.47 Å². The monoisotopic (exact) mass is 373 g/mol. The third-order valence-corrected chi connectivity index (χ3v) is 5.65. The third-order valence-electron chi connectivity index (χ3n) is 4.13. The van der Waals surface area contributed by atoms with E-state index in [1.807, 2.05) is 0 Å². The van der Waals surface area contributed by atoms with E-state index in [9.17, 15) is 4.79 Å². The number of nitrogens with zero attached hydrogens (tertiary/aromatic N) is 2. The lowest BCUT2D eigenvalue weighted by molar-refractivity contribution is -0.0169. The Labute approximate surface area is 152 Å². The number of rotatable bonds is 10. The Morgan fingerprint density at radius 1 is 1.32 bits per heavy atom. The SMILES string of the molecule is CCCCOC[C@H]1SC(n2ccc(N)nc2=O)[C@@H](F)[C@@H]1OCCCC. The van der Waals surface area contributed by atoms with Gasteiger partial charge < -0.3 is 15.2 Å². The second-order valence-electron chi connectivity index (χ2n) is 6.17. The molecule has 0 bridgehead atoms. The van der Waals surface area contributed by atoms with Crippen LogP contribution in [0.2, 0.25) is 0 Å². The van der Waals surface area contributed by atoms with E-state index in [-0.39, 0.29) is 11.1 Å². The molecule has 0 saturated carbocycles. The van der Waals surface area contributed by atoms with Crippen molar-refractivity contribution in [1.29, 1.82) is 0 Å². The van der Waals surface area contributed by atoms with E-state index < -0.39 is 23.3 Å². The second-order valence-corrected chi connectivity index (χ2v) is 7.53. The Morgan fingerprint density at radius 3 is 2.72 bits per heavy atom. The normalized spacial score (nSPS) is 26.2. The van der Waals surface area contributed by atoms with Crippen molar-refractivity contribution < 1.29 is 13.9 Å². The number of nitrogen functional groups attached to an aromatic ring is 1. The number of hydrogen-bond acceptors (Lipinski definition) is 6. The molecule has 1 aliphatic heterocycles. The van der Waals surface area contributed by atoms with Crippen molar-refractivity contribution in [1.82, 2.24) is 9.55 Å². The van der Waals surface area contributed by atoms with Crippen LogP contribution in [0.25, 0.3) is 0 Å². The first-order valence-corrected chi connectivity index (χ1v) is 9.86. The number of hydrogen-bond donors (Lipinski definition) is 1. The first-order chi connectivity index (χ1) is 12.1. The molecular weight excluding hydrogens is 345 g/mol. The van der Waals surface area contributed by atoms with Gasteiger partial charge in [0.15, 0.2) is 6.17 Å². The zero-order valence-corrected chi connectivity index (χ0v) is 15.7. The van der Waals surface area contributed by atoms with Gasteiger partial charge in [-0.1, -0.05) is 26.7 Å². The van der Waals surface area contributed by atoms with Crippen LogP contribution in [0, 0.1) is 0 Å². The number of ether oxygens (including phenoxy) is 2. The van der Waals surface area contributed by atoms with Crippen molar-refractivity contribution >= 4 is 17.6 Å². The highest BCUT2D eigenvalue weighted by Crippen LogP contribution is 2.44. The maximum absolute atomic E-state index is 15.1. The van der Waals surface area contributed by atoms with Crippen molar-refractivity contribution in [3.63, 3.8) is 0 Å². The fourth-order valence-electron chi connectivity index (χ4n) is 2.68. The van der Waals surface area contributed by atoms with Crippen molar-refractivity contribution in [2.75, 3.05) is 25.6 Å². The molecule has 142 valence electrons. The second kappa shape index (κ2) is 10.1. The molecule has 1 fully saturated rings. The van der Waals surface area contributed by atoms with Crippen LogP contribution in [0.3, 0.4) is 0 Å². The molecule has 0 spiro atoms. The molecule has 1 saturated heterocycles. The molecule has 2 N–H and O–H groups in total. The summed E-state index contributed by atoms with van der Waals surface area (Å²) in [5, 5.41) is -0.829. The minimum absolute atomic E-state index is 0.134. The van der Waals surface area contributed by atoms with E-state index in [4.69, 9.17) is 15.2 Å². The van der Waals surface area contributed by atoms with Gasteiger partial charge >= 0.3 is 5.69 Å². The molecule has 1 aliphatic rings. The van der Waals surface area contributed by atoms with E-state index in [0.29, 0.717) is 19.8 Å². The maximum atomic E-state index is 15.1. The quantitative estimate of drug-likeness (QED) is 0.635. The summed E-state index contributed by atoms with van der Waals surface area (Å²) >= 11 is 1.37. The Hall–Kier alpha value is -1.12. The summed E-state index contributed by atoms with van der Waals surface area (Å²) in [6.45, 7) is 5.73.